The first-order valence-corrected chi connectivity index (χ1v) is 11.8. The molecule has 0 aliphatic heterocycles. The number of anilines is 2. The minimum Gasteiger partial charge on any atom is -0.497 e. The van der Waals surface area contributed by atoms with Gasteiger partial charge in [-0.25, -0.2) is 8.42 Å². The summed E-state index contributed by atoms with van der Waals surface area (Å²) < 4.78 is 43.0. The molecule has 180 valence electrons. The Balaban J connectivity index is 1.49. The van der Waals surface area contributed by atoms with Crippen LogP contribution < -0.4 is 19.1 Å². The second kappa shape index (κ2) is 9.85. The molecule has 0 aliphatic carbocycles. The van der Waals surface area contributed by atoms with Crippen LogP contribution in [-0.2, 0) is 10.0 Å². The number of nitrogens with one attached hydrogen (secondary N) is 1. The van der Waals surface area contributed by atoms with E-state index in [0.717, 1.165) is 0 Å². The summed E-state index contributed by atoms with van der Waals surface area (Å²) in [6.45, 7) is 0. The zero-order valence-corrected chi connectivity index (χ0v) is 19.9. The summed E-state index contributed by atoms with van der Waals surface area (Å²) in [5.41, 5.74) is 1.29. The van der Waals surface area contributed by atoms with E-state index < -0.39 is 15.9 Å². The van der Waals surface area contributed by atoms with E-state index >= 15 is 0 Å². The average molecular weight is 495 g/mol. The summed E-state index contributed by atoms with van der Waals surface area (Å²) >= 11 is 0. The number of para-hydroxylation sites is 1. The smallest absolute Gasteiger partial charge is 0.322 e. The number of amides is 1. The molecule has 0 fully saturated rings. The minimum atomic E-state index is -3.79. The van der Waals surface area contributed by atoms with Crippen LogP contribution in [0, 0.1) is 0 Å². The Morgan fingerprint density at radius 3 is 2.14 bits per heavy atom. The Morgan fingerprint density at radius 1 is 0.914 bits per heavy atom. The molecule has 4 aromatic rings. The summed E-state index contributed by atoms with van der Waals surface area (Å²) in [5.74, 6) is 0.693. The summed E-state index contributed by atoms with van der Waals surface area (Å²) in [6, 6.07) is 19.2. The predicted octanol–water partition coefficient (Wildman–Crippen LogP) is 3.83. The van der Waals surface area contributed by atoms with Crippen LogP contribution in [0.2, 0.25) is 0 Å². The SMILES string of the molecule is COc1cc(OC)cc(-c2nnc(NC(=O)c3ccc(S(=O)(=O)N(C)c4ccccc4)cc3)o2)c1. The van der Waals surface area contributed by atoms with Gasteiger partial charge in [-0.05, 0) is 48.5 Å². The molecule has 0 radical (unpaired) electrons. The second-order valence-corrected chi connectivity index (χ2v) is 9.27. The fourth-order valence-electron chi connectivity index (χ4n) is 3.20. The number of sulfonamides is 1. The van der Waals surface area contributed by atoms with E-state index in [-0.39, 0.29) is 22.4 Å². The van der Waals surface area contributed by atoms with Gasteiger partial charge in [0.15, 0.2) is 0 Å². The van der Waals surface area contributed by atoms with Crippen molar-refractivity contribution in [1.29, 1.82) is 0 Å². The molecule has 10 nitrogen and oxygen atoms in total. The van der Waals surface area contributed by atoms with Crippen LogP contribution in [0.1, 0.15) is 10.4 Å². The normalized spacial score (nSPS) is 11.1. The molecular weight excluding hydrogens is 472 g/mol. The molecule has 0 atom stereocenters. The highest BCUT2D eigenvalue weighted by Gasteiger charge is 2.22. The lowest BCUT2D eigenvalue weighted by molar-refractivity contribution is 0.102. The van der Waals surface area contributed by atoms with Crippen LogP contribution in [0.15, 0.2) is 82.1 Å². The molecule has 1 aromatic heterocycles. The van der Waals surface area contributed by atoms with Gasteiger partial charge in [0.25, 0.3) is 15.9 Å². The van der Waals surface area contributed by atoms with Crippen LogP contribution in [0.3, 0.4) is 0 Å². The highest BCUT2D eigenvalue weighted by molar-refractivity contribution is 7.92. The lowest BCUT2D eigenvalue weighted by Crippen LogP contribution is -2.26. The van der Waals surface area contributed by atoms with Gasteiger partial charge in [0.05, 0.1) is 24.8 Å². The fraction of sp³-hybridized carbons (Fsp3) is 0.125. The highest BCUT2D eigenvalue weighted by Crippen LogP contribution is 2.30. The predicted molar refractivity (Wildman–Crippen MR) is 129 cm³/mol. The van der Waals surface area contributed by atoms with Crippen molar-refractivity contribution in [3.63, 3.8) is 0 Å². The topological polar surface area (TPSA) is 124 Å². The van der Waals surface area contributed by atoms with Crippen molar-refractivity contribution in [3.05, 3.63) is 78.4 Å². The van der Waals surface area contributed by atoms with Crippen LogP contribution in [0.4, 0.5) is 11.7 Å². The minimum absolute atomic E-state index is 0.0486. The summed E-state index contributed by atoms with van der Waals surface area (Å²) in [4.78, 5) is 12.7. The largest absolute Gasteiger partial charge is 0.497 e. The van der Waals surface area contributed by atoms with Crippen molar-refractivity contribution in [3.8, 4) is 23.0 Å². The molecule has 0 spiro atoms. The van der Waals surface area contributed by atoms with E-state index in [1.54, 1.807) is 48.5 Å². The van der Waals surface area contributed by atoms with Gasteiger partial charge in [0.2, 0.25) is 5.89 Å². The number of hydrogen-bond acceptors (Lipinski definition) is 8. The molecule has 0 saturated carbocycles. The highest BCUT2D eigenvalue weighted by atomic mass is 32.2. The molecule has 0 unspecified atom stereocenters. The zero-order chi connectivity index (χ0) is 25.0. The summed E-state index contributed by atoms with van der Waals surface area (Å²) in [5, 5.41) is 10.3. The molecular formula is C24H22N4O6S. The van der Waals surface area contributed by atoms with E-state index in [4.69, 9.17) is 13.9 Å². The number of rotatable bonds is 8. The van der Waals surface area contributed by atoms with E-state index in [0.29, 0.717) is 22.7 Å². The van der Waals surface area contributed by atoms with Gasteiger partial charge in [-0.2, -0.15) is 0 Å². The molecule has 3 aromatic carbocycles. The number of carbonyl (C=O) groups is 1. The first-order valence-electron chi connectivity index (χ1n) is 10.3. The fourth-order valence-corrected chi connectivity index (χ4v) is 4.40. The third-order valence-electron chi connectivity index (χ3n) is 5.14. The summed E-state index contributed by atoms with van der Waals surface area (Å²) in [6.07, 6.45) is 0. The lowest BCUT2D eigenvalue weighted by atomic mass is 10.2. The van der Waals surface area contributed by atoms with E-state index in [1.165, 1.54) is 49.8 Å². The Bertz CT molecular complexity index is 1410. The van der Waals surface area contributed by atoms with Gasteiger partial charge in [-0.3, -0.25) is 14.4 Å². The number of benzene rings is 3. The Morgan fingerprint density at radius 2 is 1.54 bits per heavy atom. The van der Waals surface area contributed by atoms with Crippen molar-refractivity contribution >= 4 is 27.6 Å². The first-order chi connectivity index (χ1) is 16.8. The van der Waals surface area contributed by atoms with E-state index in [1.807, 2.05) is 0 Å². The third kappa shape index (κ3) is 5.09. The van der Waals surface area contributed by atoms with Crippen LogP contribution in [0.5, 0.6) is 11.5 Å². The van der Waals surface area contributed by atoms with Gasteiger partial charge in [-0.15, -0.1) is 5.10 Å². The van der Waals surface area contributed by atoms with Crippen LogP contribution in [-0.4, -0.2) is 45.8 Å². The standard InChI is InChI=1S/C24H22N4O6S/c1-28(18-7-5-4-6-8-18)35(30,31)21-11-9-16(10-12-21)22(29)25-24-27-26-23(34-24)17-13-19(32-2)15-20(14-17)33-3/h4-15H,1-3H3,(H,25,27,29). The number of hydrogen-bond donors (Lipinski definition) is 1. The number of aromatic nitrogens is 2. The van der Waals surface area contributed by atoms with Crippen molar-refractivity contribution in [2.24, 2.45) is 0 Å². The van der Waals surface area contributed by atoms with Crippen molar-refractivity contribution in [2.75, 3.05) is 30.9 Å². The van der Waals surface area contributed by atoms with Crippen LogP contribution in [0.25, 0.3) is 11.5 Å². The maximum atomic E-state index is 12.9. The second-order valence-electron chi connectivity index (χ2n) is 7.30. The van der Waals surface area contributed by atoms with E-state index in [2.05, 4.69) is 15.5 Å². The summed E-state index contributed by atoms with van der Waals surface area (Å²) in [7, 11) is 0.721. The Labute approximate surface area is 202 Å². The lowest BCUT2D eigenvalue weighted by Gasteiger charge is -2.19. The van der Waals surface area contributed by atoms with Crippen molar-refractivity contribution in [2.45, 2.75) is 4.90 Å². The van der Waals surface area contributed by atoms with E-state index in [9.17, 15) is 13.2 Å². The maximum Gasteiger partial charge on any atom is 0.322 e. The molecule has 0 bridgehead atoms. The van der Waals surface area contributed by atoms with Gasteiger partial charge in [0, 0.05) is 24.2 Å². The molecule has 11 heteroatoms. The maximum absolute atomic E-state index is 12.9. The number of ether oxygens (including phenoxy) is 2. The molecule has 35 heavy (non-hydrogen) atoms. The quantitative estimate of drug-likeness (QED) is 0.392. The monoisotopic (exact) mass is 494 g/mol. The average Bonchev–Trinajstić information content (AvgIpc) is 3.36. The Kier molecular flexibility index (Phi) is 6.69. The Hall–Kier alpha value is -4.38. The molecule has 4 rings (SSSR count). The molecule has 1 amide bonds. The molecule has 1 heterocycles. The number of methoxy groups -OCH3 is 2. The zero-order valence-electron chi connectivity index (χ0n) is 19.1. The van der Waals surface area contributed by atoms with Gasteiger partial charge in [-0.1, -0.05) is 23.3 Å². The number of nitrogens with zero attached hydrogens (tertiary/aromatic N) is 3. The van der Waals surface area contributed by atoms with Crippen molar-refractivity contribution < 1.29 is 27.1 Å². The first kappa shape index (κ1) is 23.8. The van der Waals surface area contributed by atoms with Gasteiger partial charge < -0.3 is 13.9 Å². The van der Waals surface area contributed by atoms with Gasteiger partial charge >= 0.3 is 6.01 Å². The molecule has 0 aliphatic rings. The molecule has 0 saturated heterocycles. The number of carbonyl (C=O) groups excluding carboxylic acids is 1. The molecule has 1 N–H and O–H groups in total. The van der Waals surface area contributed by atoms with Crippen molar-refractivity contribution in [1.82, 2.24) is 10.2 Å². The third-order valence-corrected chi connectivity index (χ3v) is 6.94. The van der Waals surface area contributed by atoms with Gasteiger partial charge in [0.1, 0.15) is 11.5 Å². The van der Waals surface area contributed by atoms with Crippen LogP contribution >= 0.6 is 0 Å².